The van der Waals surface area contributed by atoms with Crippen LogP contribution in [0.25, 0.3) is 22.3 Å². The largest absolute Gasteiger partial charge is 0.467 e. The number of H-pyrrole nitrogens is 1. The number of aromatic nitrogens is 4. The van der Waals surface area contributed by atoms with Gasteiger partial charge in [0.1, 0.15) is 5.76 Å². The molecule has 2 N–H and O–H groups in total. The number of amides is 1. The number of para-hydroxylation sites is 1. The van der Waals surface area contributed by atoms with Crippen molar-refractivity contribution in [2.24, 2.45) is 0 Å². The summed E-state index contributed by atoms with van der Waals surface area (Å²) in [6, 6.07) is 11.8. The number of fused-ring (bicyclic) bond motifs is 1. The Bertz CT molecular complexity index is 1070. The summed E-state index contributed by atoms with van der Waals surface area (Å²) in [7, 11) is 0. The number of nitrogens with one attached hydrogen (secondary N) is 2. The molecule has 28 heavy (non-hydrogen) atoms. The van der Waals surface area contributed by atoms with Gasteiger partial charge in [-0.1, -0.05) is 36.9 Å². The average molecular weight is 395 g/mol. The highest BCUT2D eigenvalue weighted by molar-refractivity contribution is 7.99. The fourth-order valence-corrected chi connectivity index (χ4v) is 3.77. The number of hydrogen-bond donors (Lipinski definition) is 2. The Balaban J connectivity index is 1.66. The second kappa shape index (κ2) is 8.35. The summed E-state index contributed by atoms with van der Waals surface area (Å²) in [6.07, 6.45) is 4.50. The number of aromatic amines is 1. The maximum Gasteiger partial charge on any atom is 0.230 e. The molecule has 8 heteroatoms. The molecule has 4 rings (SSSR count). The summed E-state index contributed by atoms with van der Waals surface area (Å²) >= 11 is 1.38. The van der Waals surface area contributed by atoms with E-state index in [9.17, 15) is 4.79 Å². The van der Waals surface area contributed by atoms with Gasteiger partial charge in [-0.3, -0.25) is 9.36 Å². The van der Waals surface area contributed by atoms with Gasteiger partial charge in [0, 0.05) is 29.2 Å². The van der Waals surface area contributed by atoms with Crippen molar-refractivity contribution in [3.63, 3.8) is 0 Å². The molecule has 0 atom stereocenters. The number of thioether (sulfide) groups is 1. The first-order valence-corrected chi connectivity index (χ1v) is 10.2. The molecule has 7 nitrogen and oxygen atoms in total. The van der Waals surface area contributed by atoms with Gasteiger partial charge in [0.15, 0.2) is 11.0 Å². The molecule has 0 spiro atoms. The minimum atomic E-state index is -0.00644. The predicted octanol–water partition coefficient (Wildman–Crippen LogP) is 3.69. The summed E-state index contributed by atoms with van der Waals surface area (Å²) in [5.74, 6) is 1.83. The zero-order valence-electron chi connectivity index (χ0n) is 15.5. The number of carbonyl (C=O) groups excluding carboxylic acids is 1. The number of hydrogen-bond acceptors (Lipinski definition) is 5. The van der Waals surface area contributed by atoms with Crippen LogP contribution in [0.5, 0.6) is 0 Å². The van der Waals surface area contributed by atoms with E-state index in [1.165, 1.54) is 11.8 Å². The minimum Gasteiger partial charge on any atom is -0.467 e. The van der Waals surface area contributed by atoms with Gasteiger partial charge in [0.2, 0.25) is 5.91 Å². The zero-order valence-corrected chi connectivity index (χ0v) is 16.3. The number of nitrogens with zero attached hydrogens (tertiary/aromatic N) is 3. The quantitative estimate of drug-likeness (QED) is 0.444. The average Bonchev–Trinajstić information content (AvgIpc) is 3.45. The first-order valence-electron chi connectivity index (χ1n) is 9.18. The van der Waals surface area contributed by atoms with Crippen LogP contribution in [0.1, 0.15) is 19.1 Å². The Kier molecular flexibility index (Phi) is 5.48. The van der Waals surface area contributed by atoms with Crippen LogP contribution in [0.2, 0.25) is 0 Å². The maximum atomic E-state index is 12.0. The molecule has 0 fully saturated rings. The van der Waals surface area contributed by atoms with E-state index in [4.69, 9.17) is 4.42 Å². The van der Waals surface area contributed by atoms with Crippen LogP contribution in [0.15, 0.2) is 58.4 Å². The third-order valence-corrected chi connectivity index (χ3v) is 5.31. The van der Waals surface area contributed by atoms with Crippen molar-refractivity contribution in [2.45, 2.75) is 25.0 Å². The van der Waals surface area contributed by atoms with Gasteiger partial charge < -0.3 is 14.7 Å². The fourth-order valence-electron chi connectivity index (χ4n) is 3.00. The van der Waals surface area contributed by atoms with E-state index in [0.29, 0.717) is 24.0 Å². The lowest BCUT2D eigenvalue weighted by Crippen LogP contribution is -2.25. The third-order valence-electron chi connectivity index (χ3n) is 4.35. The van der Waals surface area contributed by atoms with Crippen LogP contribution in [-0.4, -0.2) is 38.0 Å². The standard InChI is InChI=1S/C20H21N5O2S/c1-2-9-21-18(26)13-28-20-24-23-19(25(20)12-14-6-5-10-27-14)16-11-22-17-8-4-3-7-15(16)17/h3-8,10-11,22H,2,9,12-13H2,1H3,(H,21,26). The topological polar surface area (TPSA) is 88.7 Å². The van der Waals surface area contributed by atoms with E-state index >= 15 is 0 Å². The second-order valence-electron chi connectivity index (χ2n) is 6.36. The van der Waals surface area contributed by atoms with E-state index in [-0.39, 0.29) is 5.91 Å². The number of furan rings is 1. The van der Waals surface area contributed by atoms with Crippen LogP contribution < -0.4 is 5.32 Å². The highest BCUT2D eigenvalue weighted by Gasteiger charge is 2.19. The zero-order chi connectivity index (χ0) is 19.3. The van der Waals surface area contributed by atoms with E-state index in [0.717, 1.165) is 34.5 Å². The molecular weight excluding hydrogens is 374 g/mol. The second-order valence-corrected chi connectivity index (χ2v) is 7.30. The van der Waals surface area contributed by atoms with Gasteiger partial charge in [0.05, 0.1) is 18.6 Å². The molecule has 1 aromatic carbocycles. The molecule has 0 bridgehead atoms. The summed E-state index contributed by atoms with van der Waals surface area (Å²) in [6.45, 7) is 3.20. The normalized spacial score (nSPS) is 11.2. The van der Waals surface area contributed by atoms with Gasteiger partial charge in [0.25, 0.3) is 0 Å². The molecule has 0 radical (unpaired) electrons. The van der Waals surface area contributed by atoms with Crippen molar-refractivity contribution in [2.75, 3.05) is 12.3 Å². The van der Waals surface area contributed by atoms with E-state index < -0.39 is 0 Å². The van der Waals surface area contributed by atoms with Crippen molar-refractivity contribution in [3.05, 3.63) is 54.6 Å². The van der Waals surface area contributed by atoms with Crippen molar-refractivity contribution in [3.8, 4) is 11.4 Å². The molecule has 0 saturated heterocycles. The maximum absolute atomic E-state index is 12.0. The van der Waals surface area contributed by atoms with Gasteiger partial charge in [-0.25, -0.2) is 0 Å². The molecule has 4 aromatic rings. The highest BCUT2D eigenvalue weighted by Crippen LogP contribution is 2.30. The van der Waals surface area contributed by atoms with Gasteiger partial charge in [-0.2, -0.15) is 0 Å². The predicted molar refractivity (Wildman–Crippen MR) is 109 cm³/mol. The molecule has 1 amide bonds. The van der Waals surface area contributed by atoms with Crippen LogP contribution in [-0.2, 0) is 11.3 Å². The Morgan fingerprint density at radius 1 is 1.25 bits per heavy atom. The lowest BCUT2D eigenvalue weighted by molar-refractivity contribution is -0.118. The van der Waals surface area contributed by atoms with Crippen LogP contribution >= 0.6 is 11.8 Å². The Labute approximate surface area is 166 Å². The van der Waals surface area contributed by atoms with Crippen LogP contribution in [0, 0.1) is 0 Å². The first kappa shape index (κ1) is 18.4. The lowest BCUT2D eigenvalue weighted by Gasteiger charge is -2.08. The highest BCUT2D eigenvalue weighted by atomic mass is 32.2. The summed E-state index contributed by atoms with van der Waals surface area (Å²) in [5.41, 5.74) is 2.01. The summed E-state index contributed by atoms with van der Waals surface area (Å²) in [5, 5.41) is 13.4. The van der Waals surface area contributed by atoms with E-state index in [1.807, 2.05) is 48.0 Å². The van der Waals surface area contributed by atoms with Crippen molar-refractivity contribution < 1.29 is 9.21 Å². The molecule has 0 aliphatic carbocycles. The van der Waals surface area contributed by atoms with Gasteiger partial charge in [-0.15, -0.1) is 10.2 Å². The Hall–Kier alpha value is -3.00. The lowest BCUT2D eigenvalue weighted by atomic mass is 10.1. The number of benzene rings is 1. The van der Waals surface area contributed by atoms with E-state index in [2.05, 4.69) is 26.6 Å². The van der Waals surface area contributed by atoms with Gasteiger partial charge >= 0.3 is 0 Å². The number of rotatable bonds is 8. The van der Waals surface area contributed by atoms with Crippen LogP contribution in [0.3, 0.4) is 0 Å². The van der Waals surface area contributed by atoms with Gasteiger partial charge in [-0.05, 0) is 24.6 Å². The van der Waals surface area contributed by atoms with Crippen molar-refractivity contribution in [1.29, 1.82) is 0 Å². The molecule has 0 unspecified atom stereocenters. The third kappa shape index (κ3) is 3.82. The first-order chi connectivity index (χ1) is 13.8. The molecule has 0 aliphatic heterocycles. The summed E-state index contributed by atoms with van der Waals surface area (Å²) in [4.78, 5) is 15.3. The molecule has 144 valence electrons. The SMILES string of the molecule is CCCNC(=O)CSc1nnc(-c2c[nH]c3ccccc23)n1Cc1ccco1. The van der Waals surface area contributed by atoms with Crippen molar-refractivity contribution in [1.82, 2.24) is 25.1 Å². The summed E-state index contributed by atoms with van der Waals surface area (Å²) < 4.78 is 7.52. The minimum absolute atomic E-state index is 0.00644. The Morgan fingerprint density at radius 3 is 2.96 bits per heavy atom. The Morgan fingerprint density at radius 2 is 2.14 bits per heavy atom. The monoisotopic (exact) mass is 395 g/mol. The number of carbonyl (C=O) groups is 1. The van der Waals surface area contributed by atoms with E-state index in [1.54, 1.807) is 6.26 Å². The van der Waals surface area contributed by atoms with Crippen molar-refractivity contribution >= 4 is 28.6 Å². The molecule has 3 heterocycles. The molecule has 0 aliphatic rings. The molecule has 0 saturated carbocycles. The van der Waals surface area contributed by atoms with Crippen LogP contribution in [0.4, 0.5) is 0 Å². The fraction of sp³-hybridized carbons (Fsp3) is 0.250. The smallest absolute Gasteiger partial charge is 0.230 e. The molecule has 3 aromatic heterocycles. The molecular formula is C20H21N5O2S.